The summed E-state index contributed by atoms with van der Waals surface area (Å²) >= 11 is 1.70. The van der Waals surface area contributed by atoms with E-state index >= 15 is 0 Å². The summed E-state index contributed by atoms with van der Waals surface area (Å²) in [5.41, 5.74) is 1.47. The van der Waals surface area contributed by atoms with Gasteiger partial charge in [0.1, 0.15) is 5.82 Å². The first-order valence-corrected chi connectivity index (χ1v) is 12.2. The number of carbonyl (C=O) groups is 1. The van der Waals surface area contributed by atoms with Crippen molar-refractivity contribution < 1.29 is 18.7 Å². The number of nitrogens with one attached hydrogen (secondary N) is 1. The maximum Gasteiger partial charge on any atom is 0.255 e. The molecule has 1 saturated heterocycles. The molecule has 1 fully saturated rings. The number of carbonyl (C=O) groups excluding carboxylic acids is 1. The molecule has 2 heterocycles. The third-order valence-corrected chi connectivity index (χ3v) is 7.16. The number of methoxy groups -OCH3 is 2. The smallest absolute Gasteiger partial charge is 0.255 e. The van der Waals surface area contributed by atoms with Crippen LogP contribution < -0.4 is 19.7 Å². The van der Waals surface area contributed by atoms with Crippen LogP contribution in [0.1, 0.15) is 28.2 Å². The normalized spacial score (nSPS) is 16.1. The van der Waals surface area contributed by atoms with Crippen LogP contribution in [0.5, 0.6) is 11.5 Å². The number of thiophene rings is 1. The van der Waals surface area contributed by atoms with Crippen LogP contribution in [0.2, 0.25) is 0 Å². The lowest BCUT2D eigenvalue weighted by molar-refractivity contribution is 0.0887. The van der Waals surface area contributed by atoms with Crippen molar-refractivity contribution >= 4 is 22.9 Å². The molecule has 4 rings (SSSR count). The van der Waals surface area contributed by atoms with Gasteiger partial charge in [0.05, 0.1) is 25.8 Å². The van der Waals surface area contributed by atoms with Gasteiger partial charge >= 0.3 is 0 Å². The summed E-state index contributed by atoms with van der Waals surface area (Å²) in [5.74, 6) is 0.525. The number of benzene rings is 2. The Morgan fingerprint density at radius 2 is 1.74 bits per heavy atom. The molecule has 6 nitrogen and oxygen atoms in total. The Hall–Kier alpha value is -3.10. The molecule has 0 saturated carbocycles. The first-order valence-electron chi connectivity index (χ1n) is 11.3. The van der Waals surface area contributed by atoms with Crippen molar-refractivity contribution in [1.29, 1.82) is 0 Å². The summed E-state index contributed by atoms with van der Waals surface area (Å²) in [4.78, 5) is 19.1. The van der Waals surface area contributed by atoms with E-state index < -0.39 is 0 Å². The molecule has 0 bridgehead atoms. The van der Waals surface area contributed by atoms with Gasteiger partial charge in [0.15, 0.2) is 11.5 Å². The van der Waals surface area contributed by atoms with E-state index in [1.54, 1.807) is 36.6 Å². The van der Waals surface area contributed by atoms with Crippen molar-refractivity contribution in [3.63, 3.8) is 0 Å². The van der Waals surface area contributed by atoms with Gasteiger partial charge in [0.25, 0.3) is 5.91 Å². The van der Waals surface area contributed by atoms with Crippen LogP contribution in [-0.4, -0.2) is 57.2 Å². The van der Waals surface area contributed by atoms with Crippen molar-refractivity contribution in [2.75, 3.05) is 45.3 Å². The van der Waals surface area contributed by atoms with E-state index in [9.17, 15) is 9.18 Å². The van der Waals surface area contributed by atoms with Crippen molar-refractivity contribution in [3.8, 4) is 11.5 Å². The lowest BCUT2D eigenvalue weighted by Gasteiger charge is -2.42. The van der Waals surface area contributed by atoms with Gasteiger partial charge in [-0.2, -0.15) is 0 Å². The van der Waals surface area contributed by atoms with Crippen LogP contribution in [0.3, 0.4) is 0 Å². The number of rotatable bonds is 8. The summed E-state index contributed by atoms with van der Waals surface area (Å²) in [6, 6.07) is 16.0. The minimum Gasteiger partial charge on any atom is -0.493 e. The highest BCUT2D eigenvalue weighted by Crippen LogP contribution is 2.33. The first kappa shape index (κ1) is 24.0. The highest BCUT2D eigenvalue weighted by Gasteiger charge is 2.31. The maximum absolute atomic E-state index is 13.3. The quantitative estimate of drug-likeness (QED) is 0.508. The van der Waals surface area contributed by atoms with Crippen LogP contribution in [0.15, 0.2) is 60.0 Å². The number of ether oxygens (including phenoxy) is 2. The van der Waals surface area contributed by atoms with Crippen LogP contribution in [-0.2, 0) is 0 Å². The van der Waals surface area contributed by atoms with Gasteiger partial charge in [0, 0.05) is 42.8 Å². The Morgan fingerprint density at radius 1 is 1.00 bits per heavy atom. The number of para-hydroxylation sites is 1. The van der Waals surface area contributed by atoms with Gasteiger partial charge in [-0.1, -0.05) is 12.1 Å². The second-order valence-corrected chi connectivity index (χ2v) is 9.24. The number of hydrogen-bond donors (Lipinski definition) is 1. The molecule has 1 amide bonds. The third-order valence-electron chi connectivity index (χ3n) is 6.21. The number of amides is 1. The number of nitrogens with zero attached hydrogens (tertiary/aromatic N) is 2. The van der Waals surface area contributed by atoms with E-state index in [0.717, 1.165) is 31.9 Å². The molecule has 2 atom stereocenters. The molecule has 1 aromatic heterocycles. The number of piperazine rings is 1. The molecule has 2 aromatic carbocycles. The van der Waals surface area contributed by atoms with Crippen LogP contribution in [0.4, 0.5) is 10.1 Å². The van der Waals surface area contributed by atoms with Crippen LogP contribution >= 0.6 is 11.3 Å². The van der Waals surface area contributed by atoms with Gasteiger partial charge in [0.2, 0.25) is 0 Å². The minimum atomic E-state index is -0.225. The van der Waals surface area contributed by atoms with Crippen molar-refractivity contribution in [2.24, 2.45) is 0 Å². The van der Waals surface area contributed by atoms with Gasteiger partial charge < -0.3 is 19.7 Å². The molecule has 0 unspecified atom stereocenters. The van der Waals surface area contributed by atoms with E-state index in [0.29, 0.717) is 17.1 Å². The highest BCUT2D eigenvalue weighted by molar-refractivity contribution is 7.10. The zero-order valence-electron chi connectivity index (χ0n) is 19.7. The zero-order valence-corrected chi connectivity index (χ0v) is 20.5. The molecule has 0 aliphatic carbocycles. The third kappa shape index (κ3) is 5.18. The average Bonchev–Trinajstić information content (AvgIpc) is 3.38. The molecule has 1 aliphatic heterocycles. The van der Waals surface area contributed by atoms with Gasteiger partial charge in [-0.3, -0.25) is 9.69 Å². The maximum atomic E-state index is 13.3. The minimum absolute atomic E-state index is 0.0379. The van der Waals surface area contributed by atoms with E-state index in [2.05, 4.69) is 26.6 Å². The lowest BCUT2D eigenvalue weighted by Crippen LogP contribution is -2.52. The van der Waals surface area contributed by atoms with Gasteiger partial charge in [-0.25, -0.2) is 4.39 Å². The molecular weight excluding hydrogens is 453 g/mol. The topological polar surface area (TPSA) is 54.0 Å². The largest absolute Gasteiger partial charge is 0.493 e. The molecular formula is C26H30FN3O3S. The summed E-state index contributed by atoms with van der Waals surface area (Å²) in [5, 5.41) is 5.26. The van der Waals surface area contributed by atoms with Crippen molar-refractivity contribution in [1.82, 2.24) is 10.2 Å². The molecule has 0 spiro atoms. The van der Waals surface area contributed by atoms with Crippen LogP contribution in [0, 0.1) is 5.82 Å². The predicted molar refractivity (Wildman–Crippen MR) is 134 cm³/mol. The van der Waals surface area contributed by atoms with E-state index in [1.807, 2.05) is 25.1 Å². The molecule has 1 aliphatic rings. The Kier molecular flexibility index (Phi) is 7.70. The Morgan fingerprint density at radius 3 is 2.35 bits per heavy atom. The molecule has 0 radical (unpaired) electrons. The second-order valence-electron chi connectivity index (χ2n) is 8.26. The number of hydrogen-bond acceptors (Lipinski definition) is 6. The molecule has 8 heteroatoms. The molecule has 3 aromatic rings. The Balaban J connectivity index is 1.49. The molecule has 180 valence electrons. The standard InChI is InChI=1S/C26H30FN3O3S/c1-18(28-26(31)21-6-4-7-22(32-2)25(21)33-3)24(23-8-5-17-34-23)30-15-13-29(14-16-30)20-11-9-19(27)10-12-20/h4-12,17-18,24H,13-16H2,1-3H3,(H,28,31)/t18-,24+/m1/s1. The summed E-state index contributed by atoms with van der Waals surface area (Å²) in [6.07, 6.45) is 0. The lowest BCUT2D eigenvalue weighted by atomic mass is 10.0. The summed E-state index contributed by atoms with van der Waals surface area (Å²) < 4.78 is 24.1. The van der Waals surface area contributed by atoms with Crippen molar-refractivity contribution in [3.05, 3.63) is 76.2 Å². The van der Waals surface area contributed by atoms with Gasteiger partial charge in [-0.05, 0) is 54.8 Å². The summed E-state index contributed by atoms with van der Waals surface area (Å²) in [7, 11) is 3.09. The van der Waals surface area contributed by atoms with Gasteiger partial charge in [-0.15, -0.1) is 11.3 Å². The van der Waals surface area contributed by atoms with E-state index in [-0.39, 0.29) is 23.8 Å². The molecule has 34 heavy (non-hydrogen) atoms. The number of anilines is 1. The zero-order chi connectivity index (χ0) is 24.1. The SMILES string of the molecule is COc1cccc(C(=O)N[C@H](C)[C@@H](c2cccs2)N2CCN(c3ccc(F)cc3)CC2)c1OC. The highest BCUT2D eigenvalue weighted by atomic mass is 32.1. The second kappa shape index (κ2) is 10.9. The Bertz CT molecular complexity index is 1080. The monoisotopic (exact) mass is 483 g/mol. The molecule has 1 N–H and O–H groups in total. The van der Waals surface area contributed by atoms with Crippen LogP contribution in [0.25, 0.3) is 0 Å². The van der Waals surface area contributed by atoms with E-state index in [1.165, 1.54) is 24.1 Å². The fraction of sp³-hybridized carbons (Fsp3) is 0.346. The number of halogens is 1. The fourth-order valence-electron chi connectivity index (χ4n) is 4.54. The average molecular weight is 484 g/mol. The Labute approximate surface area is 203 Å². The van der Waals surface area contributed by atoms with Crippen molar-refractivity contribution in [2.45, 2.75) is 19.0 Å². The summed E-state index contributed by atoms with van der Waals surface area (Å²) in [6.45, 7) is 5.38. The predicted octanol–water partition coefficient (Wildman–Crippen LogP) is 4.59. The first-order chi connectivity index (χ1) is 16.5. The van der Waals surface area contributed by atoms with E-state index in [4.69, 9.17) is 9.47 Å². The fourth-order valence-corrected chi connectivity index (χ4v) is 5.51.